The Morgan fingerprint density at radius 2 is 1.94 bits per heavy atom. The minimum atomic E-state index is 0.0552. The predicted octanol–water partition coefficient (Wildman–Crippen LogP) is 3.69. The van der Waals surface area contributed by atoms with E-state index in [1.807, 2.05) is 0 Å². The standard InChI is InChI=1S/C16H25NO/c1-12-10-13(2)15(14(11-12)18-4)16(3)8-6-5-7-9-17-16/h10-11,17H,5-9H2,1-4H3. The molecule has 1 heterocycles. The molecule has 1 aliphatic rings. The van der Waals surface area contributed by atoms with Crippen LogP contribution < -0.4 is 10.1 Å². The summed E-state index contributed by atoms with van der Waals surface area (Å²) in [6, 6.07) is 4.41. The molecule has 0 aromatic heterocycles. The van der Waals surface area contributed by atoms with E-state index >= 15 is 0 Å². The summed E-state index contributed by atoms with van der Waals surface area (Å²) in [4.78, 5) is 0. The molecular formula is C16H25NO. The average molecular weight is 247 g/mol. The molecule has 1 N–H and O–H groups in total. The van der Waals surface area contributed by atoms with Crippen LogP contribution in [-0.4, -0.2) is 13.7 Å². The van der Waals surface area contributed by atoms with Crippen LogP contribution in [0.25, 0.3) is 0 Å². The van der Waals surface area contributed by atoms with Crippen molar-refractivity contribution in [3.05, 3.63) is 28.8 Å². The van der Waals surface area contributed by atoms with Gasteiger partial charge in [-0.05, 0) is 57.4 Å². The lowest BCUT2D eigenvalue weighted by Crippen LogP contribution is -2.39. The Bertz CT molecular complexity index is 417. The molecule has 1 unspecified atom stereocenters. The second-order valence-corrected chi connectivity index (χ2v) is 5.73. The molecule has 0 saturated carbocycles. The van der Waals surface area contributed by atoms with Gasteiger partial charge in [-0.25, -0.2) is 0 Å². The first-order chi connectivity index (χ1) is 8.57. The molecule has 0 amide bonds. The monoisotopic (exact) mass is 247 g/mol. The van der Waals surface area contributed by atoms with Gasteiger partial charge in [-0.1, -0.05) is 18.9 Å². The van der Waals surface area contributed by atoms with E-state index in [0.717, 1.165) is 12.3 Å². The van der Waals surface area contributed by atoms with E-state index in [2.05, 4.69) is 38.2 Å². The average Bonchev–Trinajstić information content (AvgIpc) is 2.53. The van der Waals surface area contributed by atoms with Crippen molar-refractivity contribution >= 4 is 0 Å². The summed E-state index contributed by atoms with van der Waals surface area (Å²) in [5, 5.41) is 3.73. The highest BCUT2D eigenvalue weighted by Crippen LogP contribution is 2.38. The fourth-order valence-electron chi connectivity index (χ4n) is 3.24. The van der Waals surface area contributed by atoms with E-state index in [9.17, 15) is 0 Å². The van der Waals surface area contributed by atoms with E-state index in [-0.39, 0.29) is 5.54 Å². The summed E-state index contributed by atoms with van der Waals surface area (Å²) in [5.41, 5.74) is 4.01. The van der Waals surface area contributed by atoms with Crippen molar-refractivity contribution in [1.29, 1.82) is 0 Å². The first kappa shape index (κ1) is 13.4. The Balaban J connectivity index is 2.47. The zero-order valence-corrected chi connectivity index (χ0v) is 12.1. The summed E-state index contributed by atoms with van der Waals surface area (Å²) in [6.07, 6.45) is 5.09. The Morgan fingerprint density at radius 3 is 2.67 bits per heavy atom. The molecule has 0 bridgehead atoms. The van der Waals surface area contributed by atoms with E-state index < -0.39 is 0 Å². The van der Waals surface area contributed by atoms with Crippen molar-refractivity contribution in [2.75, 3.05) is 13.7 Å². The van der Waals surface area contributed by atoms with Gasteiger partial charge in [0.2, 0.25) is 0 Å². The number of hydrogen-bond acceptors (Lipinski definition) is 2. The third kappa shape index (κ3) is 2.54. The van der Waals surface area contributed by atoms with Crippen LogP contribution in [0.3, 0.4) is 0 Å². The van der Waals surface area contributed by atoms with Gasteiger partial charge in [-0.3, -0.25) is 0 Å². The third-order valence-corrected chi connectivity index (χ3v) is 4.08. The molecule has 18 heavy (non-hydrogen) atoms. The first-order valence-corrected chi connectivity index (χ1v) is 6.97. The number of methoxy groups -OCH3 is 1. The van der Waals surface area contributed by atoms with Gasteiger partial charge in [0.15, 0.2) is 0 Å². The maximum atomic E-state index is 5.63. The molecule has 2 rings (SSSR count). The molecule has 0 radical (unpaired) electrons. The van der Waals surface area contributed by atoms with Gasteiger partial charge in [-0.2, -0.15) is 0 Å². The van der Waals surface area contributed by atoms with Crippen molar-refractivity contribution in [2.45, 2.75) is 52.0 Å². The van der Waals surface area contributed by atoms with Gasteiger partial charge in [0.05, 0.1) is 7.11 Å². The minimum absolute atomic E-state index is 0.0552. The van der Waals surface area contributed by atoms with Crippen LogP contribution >= 0.6 is 0 Å². The number of hydrogen-bond donors (Lipinski definition) is 1. The van der Waals surface area contributed by atoms with Crippen LogP contribution in [-0.2, 0) is 5.54 Å². The van der Waals surface area contributed by atoms with E-state index in [0.29, 0.717) is 0 Å². The van der Waals surface area contributed by atoms with E-state index in [1.54, 1.807) is 7.11 Å². The van der Waals surface area contributed by atoms with Crippen LogP contribution in [0.5, 0.6) is 5.75 Å². The molecule has 2 heteroatoms. The van der Waals surface area contributed by atoms with Crippen molar-refractivity contribution in [3.8, 4) is 5.75 Å². The lowest BCUT2D eigenvalue weighted by Gasteiger charge is -2.33. The molecule has 100 valence electrons. The lowest BCUT2D eigenvalue weighted by molar-refractivity contribution is 0.330. The topological polar surface area (TPSA) is 21.3 Å². The Kier molecular flexibility index (Phi) is 3.96. The van der Waals surface area contributed by atoms with Crippen LogP contribution in [0.4, 0.5) is 0 Å². The zero-order chi connectivity index (χ0) is 13.2. The second-order valence-electron chi connectivity index (χ2n) is 5.73. The largest absolute Gasteiger partial charge is 0.496 e. The van der Waals surface area contributed by atoms with Crippen LogP contribution in [0, 0.1) is 13.8 Å². The molecule has 1 fully saturated rings. The molecular weight excluding hydrogens is 222 g/mol. The number of rotatable bonds is 2. The quantitative estimate of drug-likeness (QED) is 0.860. The Morgan fingerprint density at radius 1 is 1.17 bits per heavy atom. The summed E-state index contributed by atoms with van der Waals surface area (Å²) in [6.45, 7) is 7.75. The van der Waals surface area contributed by atoms with Crippen molar-refractivity contribution in [3.63, 3.8) is 0 Å². The van der Waals surface area contributed by atoms with Crippen molar-refractivity contribution < 1.29 is 4.74 Å². The molecule has 1 aliphatic heterocycles. The van der Waals surface area contributed by atoms with Gasteiger partial charge in [0, 0.05) is 11.1 Å². The van der Waals surface area contributed by atoms with Crippen LogP contribution in [0.2, 0.25) is 0 Å². The molecule has 1 atom stereocenters. The molecule has 0 aliphatic carbocycles. The highest BCUT2D eigenvalue weighted by atomic mass is 16.5. The number of aryl methyl sites for hydroxylation is 2. The Hall–Kier alpha value is -1.02. The zero-order valence-electron chi connectivity index (χ0n) is 12.1. The molecule has 1 aromatic rings. The fourth-order valence-corrected chi connectivity index (χ4v) is 3.24. The summed E-state index contributed by atoms with van der Waals surface area (Å²) < 4.78 is 5.63. The van der Waals surface area contributed by atoms with Crippen molar-refractivity contribution in [1.82, 2.24) is 5.32 Å². The highest BCUT2D eigenvalue weighted by Gasteiger charge is 2.31. The Labute approximate surface area is 111 Å². The normalized spacial score (nSPS) is 24.7. The van der Waals surface area contributed by atoms with Crippen molar-refractivity contribution in [2.24, 2.45) is 0 Å². The van der Waals surface area contributed by atoms with Crippen LogP contribution in [0.15, 0.2) is 12.1 Å². The summed E-state index contributed by atoms with van der Waals surface area (Å²) >= 11 is 0. The van der Waals surface area contributed by atoms with Gasteiger partial charge in [0.1, 0.15) is 5.75 Å². The second kappa shape index (κ2) is 5.31. The predicted molar refractivity (Wildman–Crippen MR) is 76.3 cm³/mol. The highest BCUT2D eigenvalue weighted by molar-refractivity contribution is 5.47. The van der Waals surface area contributed by atoms with E-state index in [4.69, 9.17) is 4.74 Å². The fraction of sp³-hybridized carbons (Fsp3) is 0.625. The smallest absolute Gasteiger partial charge is 0.124 e. The summed E-state index contributed by atoms with van der Waals surface area (Å²) in [5.74, 6) is 1.03. The maximum absolute atomic E-state index is 5.63. The van der Waals surface area contributed by atoms with Gasteiger partial charge in [-0.15, -0.1) is 0 Å². The third-order valence-electron chi connectivity index (χ3n) is 4.08. The number of ether oxygens (including phenoxy) is 1. The minimum Gasteiger partial charge on any atom is -0.496 e. The maximum Gasteiger partial charge on any atom is 0.124 e. The van der Waals surface area contributed by atoms with Crippen LogP contribution in [0.1, 0.15) is 49.3 Å². The molecule has 2 nitrogen and oxygen atoms in total. The SMILES string of the molecule is COc1cc(C)cc(C)c1C1(C)CCCCCN1. The first-order valence-electron chi connectivity index (χ1n) is 6.97. The number of nitrogens with one attached hydrogen (secondary N) is 1. The van der Waals surface area contributed by atoms with Gasteiger partial charge < -0.3 is 10.1 Å². The lowest BCUT2D eigenvalue weighted by atomic mass is 9.83. The number of benzene rings is 1. The summed E-state index contributed by atoms with van der Waals surface area (Å²) in [7, 11) is 1.78. The van der Waals surface area contributed by atoms with Gasteiger partial charge in [0.25, 0.3) is 0 Å². The molecule has 0 spiro atoms. The van der Waals surface area contributed by atoms with Gasteiger partial charge >= 0.3 is 0 Å². The molecule has 1 aromatic carbocycles. The van der Waals surface area contributed by atoms with E-state index in [1.165, 1.54) is 42.4 Å². The molecule has 1 saturated heterocycles.